The van der Waals surface area contributed by atoms with Gasteiger partial charge in [0.15, 0.2) is 0 Å². The van der Waals surface area contributed by atoms with Crippen LogP contribution in [0.3, 0.4) is 0 Å². The Labute approximate surface area is 70.5 Å². The van der Waals surface area contributed by atoms with E-state index in [9.17, 15) is 0 Å². The molecule has 10 heavy (non-hydrogen) atoms. The van der Waals surface area contributed by atoms with Crippen LogP contribution in [0.1, 0.15) is 5.56 Å². The van der Waals surface area contributed by atoms with Crippen molar-refractivity contribution in [2.75, 3.05) is 0 Å². The number of aliphatic hydroxyl groups excluding tert-OH is 1. The van der Waals surface area contributed by atoms with E-state index in [4.69, 9.17) is 5.11 Å². The third-order valence-electron chi connectivity index (χ3n) is 1.25. The summed E-state index contributed by atoms with van der Waals surface area (Å²) in [4.78, 5) is 0. The Bertz CT molecular complexity index is 215. The minimum absolute atomic E-state index is 0.0404. The molecule has 0 aliphatic rings. The maximum atomic E-state index is 8.69. The van der Waals surface area contributed by atoms with E-state index in [1.165, 1.54) is 3.57 Å². The quantitative estimate of drug-likeness (QED) is 0.790. The van der Waals surface area contributed by atoms with E-state index in [2.05, 4.69) is 4.51 Å². The first-order valence-electron chi connectivity index (χ1n) is 2.95. The minimum atomic E-state index is -0.0404. The Kier molecular flexibility index (Phi) is 3.02. The molecular formula is C8H9IO. The molecule has 2 heteroatoms. The molecule has 1 N–H and O–H groups in total. The highest BCUT2D eigenvalue weighted by atomic mass is 127. The van der Waals surface area contributed by atoms with Gasteiger partial charge in [-0.2, -0.15) is 0 Å². The van der Waals surface area contributed by atoms with E-state index in [1.807, 2.05) is 24.3 Å². The van der Waals surface area contributed by atoms with Gasteiger partial charge in [-0.25, -0.2) is 0 Å². The van der Waals surface area contributed by atoms with E-state index in [-0.39, 0.29) is 27.3 Å². The van der Waals surface area contributed by atoms with Gasteiger partial charge in [0.2, 0.25) is 0 Å². The van der Waals surface area contributed by atoms with Crippen LogP contribution in [-0.4, -0.2) is 9.62 Å². The van der Waals surface area contributed by atoms with Crippen molar-refractivity contribution in [1.29, 1.82) is 0 Å². The van der Waals surface area contributed by atoms with Crippen LogP contribution in [0, 0.1) is 3.57 Å². The number of rotatable bonds is 2. The Morgan fingerprint density at radius 1 is 1.30 bits per heavy atom. The third kappa shape index (κ3) is 1.88. The topological polar surface area (TPSA) is 20.2 Å². The average Bonchev–Trinajstić information content (AvgIpc) is 2.05. The van der Waals surface area contributed by atoms with Gasteiger partial charge >= 0.3 is 0 Å². The van der Waals surface area contributed by atoms with Gasteiger partial charge in [-0.05, 0) is 17.7 Å². The summed E-state index contributed by atoms with van der Waals surface area (Å²) in [5.41, 5.74) is 0.973. The molecule has 0 saturated carbocycles. The van der Waals surface area contributed by atoms with Gasteiger partial charge in [0.05, 0.1) is 6.61 Å². The lowest BCUT2D eigenvalue weighted by molar-refractivity contribution is 0.282. The zero-order chi connectivity index (χ0) is 7.40. The predicted molar refractivity (Wildman–Crippen MR) is 52.2 cm³/mol. The molecule has 1 nitrogen and oxygen atoms in total. The van der Waals surface area contributed by atoms with Gasteiger partial charge in [0, 0.05) is 3.57 Å². The molecule has 0 radical (unpaired) electrons. The number of benzene rings is 1. The summed E-state index contributed by atoms with van der Waals surface area (Å²) < 4.78 is 5.17. The smallest absolute Gasteiger partial charge is 0.0681 e. The molecule has 0 spiro atoms. The van der Waals surface area contributed by atoms with Crippen molar-refractivity contribution in [2.45, 2.75) is 6.61 Å². The molecule has 54 valence electrons. The normalized spacial score (nSPS) is 9.70. The summed E-state index contributed by atoms with van der Waals surface area (Å²) in [5, 5.41) is 8.69. The molecule has 0 aromatic heterocycles. The first-order chi connectivity index (χ1) is 4.86. The first-order valence-corrected chi connectivity index (χ1v) is 5.55. The second-order valence-electron chi connectivity index (χ2n) is 1.92. The van der Waals surface area contributed by atoms with Crippen LogP contribution < -0.4 is 0 Å². The molecule has 0 bridgehead atoms. The fraction of sp³-hybridized carbons (Fsp3) is 0.125. The monoisotopic (exact) mass is 248 g/mol. The molecule has 0 fully saturated rings. The van der Waals surface area contributed by atoms with E-state index in [0.29, 0.717) is 0 Å². The average molecular weight is 248 g/mol. The second kappa shape index (κ2) is 3.83. The van der Waals surface area contributed by atoms with Crippen molar-refractivity contribution >= 4 is 25.2 Å². The Morgan fingerprint density at radius 3 is 2.30 bits per heavy atom. The fourth-order valence-corrected chi connectivity index (χ4v) is 1.55. The van der Waals surface area contributed by atoms with Crippen LogP contribution >= 0.6 is 20.7 Å². The highest BCUT2D eigenvalue weighted by Gasteiger charge is 1.87. The summed E-state index contributed by atoms with van der Waals surface area (Å²) in [6.07, 6.45) is 0. The van der Waals surface area contributed by atoms with Crippen LogP contribution in [-0.2, 0) is 6.61 Å². The summed E-state index contributed by atoms with van der Waals surface area (Å²) in [5.74, 6) is 0. The van der Waals surface area contributed by atoms with Crippen molar-refractivity contribution in [1.82, 2.24) is 0 Å². The summed E-state index contributed by atoms with van der Waals surface area (Å²) in [6, 6.07) is 7.96. The van der Waals surface area contributed by atoms with Crippen LogP contribution in [0.25, 0.3) is 0 Å². The molecule has 0 atom stereocenters. The van der Waals surface area contributed by atoms with Crippen molar-refractivity contribution in [3.8, 4) is 0 Å². The van der Waals surface area contributed by atoms with Gasteiger partial charge < -0.3 is 5.11 Å². The molecule has 1 aromatic rings. The molecule has 0 aliphatic heterocycles. The van der Waals surface area contributed by atoms with Gasteiger partial charge in [-0.1, -0.05) is 37.4 Å². The number of hydrogen-bond donors (Lipinski definition) is 1. The van der Waals surface area contributed by atoms with Crippen LogP contribution in [0.4, 0.5) is 0 Å². The van der Waals surface area contributed by atoms with Gasteiger partial charge in [0.1, 0.15) is 0 Å². The van der Waals surface area contributed by atoms with E-state index in [1.54, 1.807) is 0 Å². The SMILES string of the molecule is C=Ic1ccc(CO)cc1. The van der Waals surface area contributed by atoms with Crippen molar-refractivity contribution < 1.29 is 5.11 Å². The summed E-state index contributed by atoms with van der Waals surface area (Å²) in [6.45, 7) is 0.135. The van der Waals surface area contributed by atoms with Crippen molar-refractivity contribution in [3.63, 3.8) is 0 Å². The maximum absolute atomic E-state index is 8.69. The van der Waals surface area contributed by atoms with E-state index in [0.717, 1.165) is 5.56 Å². The molecule has 0 saturated heterocycles. The summed E-state index contributed by atoms with van der Waals surface area (Å²) >= 11 is -0.0404. The third-order valence-corrected chi connectivity index (χ3v) is 2.85. The number of aliphatic hydroxyl groups is 1. The second-order valence-corrected chi connectivity index (χ2v) is 3.93. The maximum Gasteiger partial charge on any atom is 0.0681 e. The lowest BCUT2D eigenvalue weighted by Crippen LogP contribution is -1.80. The predicted octanol–water partition coefficient (Wildman–Crippen LogP) is 1.75. The zero-order valence-corrected chi connectivity index (χ0v) is 7.71. The summed E-state index contributed by atoms with van der Waals surface area (Å²) in [7, 11) is 0. The zero-order valence-electron chi connectivity index (χ0n) is 5.55. The highest BCUT2D eigenvalue weighted by molar-refractivity contribution is 14.2. The largest absolute Gasteiger partial charge is 0.392 e. The Morgan fingerprint density at radius 2 is 1.90 bits per heavy atom. The van der Waals surface area contributed by atoms with Crippen molar-refractivity contribution in [3.05, 3.63) is 33.4 Å². The van der Waals surface area contributed by atoms with E-state index < -0.39 is 0 Å². The first kappa shape index (κ1) is 7.88. The minimum Gasteiger partial charge on any atom is -0.392 e. The molecular weight excluding hydrogens is 239 g/mol. The molecule has 1 rings (SSSR count). The van der Waals surface area contributed by atoms with Crippen LogP contribution in [0.5, 0.6) is 0 Å². The molecule has 1 aromatic carbocycles. The van der Waals surface area contributed by atoms with Crippen LogP contribution in [0.15, 0.2) is 24.3 Å². The van der Waals surface area contributed by atoms with Crippen molar-refractivity contribution in [2.24, 2.45) is 0 Å². The molecule has 0 amide bonds. The molecule has 0 heterocycles. The van der Waals surface area contributed by atoms with Crippen LogP contribution in [0.2, 0.25) is 0 Å². The fourth-order valence-electron chi connectivity index (χ4n) is 0.679. The number of halogens is 1. The lowest BCUT2D eigenvalue weighted by atomic mass is 10.2. The van der Waals surface area contributed by atoms with Gasteiger partial charge in [-0.15, -0.1) is 0 Å². The standard InChI is InChI=1S/C8H9IO/c1-9-8-4-2-7(6-10)3-5-8/h2-5,10H,1,6H2. The Balaban J connectivity index is 2.90. The van der Waals surface area contributed by atoms with E-state index >= 15 is 0 Å². The molecule has 0 aliphatic carbocycles. The Hall–Kier alpha value is -0.220. The molecule has 0 unspecified atom stereocenters. The van der Waals surface area contributed by atoms with Gasteiger partial charge in [-0.3, -0.25) is 0 Å². The highest BCUT2D eigenvalue weighted by Crippen LogP contribution is 2.09. The number of hydrogen-bond acceptors (Lipinski definition) is 1. The van der Waals surface area contributed by atoms with Gasteiger partial charge in [0.25, 0.3) is 0 Å². The lowest BCUT2D eigenvalue weighted by Gasteiger charge is -1.94.